The van der Waals surface area contributed by atoms with E-state index in [0.717, 1.165) is 11.8 Å². The van der Waals surface area contributed by atoms with E-state index in [-0.39, 0.29) is 5.75 Å². The van der Waals surface area contributed by atoms with E-state index >= 15 is 0 Å². The van der Waals surface area contributed by atoms with E-state index in [1.54, 1.807) is 29.8 Å². The quantitative estimate of drug-likeness (QED) is 0.865. The fourth-order valence-electron chi connectivity index (χ4n) is 1.58. The third-order valence-corrected chi connectivity index (χ3v) is 3.87. The van der Waals surface area contributed by atoms with Crippen LogP contribution in [0.25, 0.3) is 5.69 Å². The summed E-state index contributed by atoms with van der Waals surface area (Å²) in [5.41, 5.74) is 1.03. The average molecular weight is 345 g/mol. The maximum Gasteiger partial charge on any atom is 0.313 e. The summed E-state index contributed by atoms with van der Waals surface area (Å²) < 4.78 is 16.1. The summed E-state index contributed by atoms with van der Waals surface area (Å²) in [4.78, 5) is 14.8. The number of carbonyl (C=O) groups is 1. The van der Waals surface area contributed by atoms with E-state index in [1.807, 2.05) is 0 Å². The molecule has 100 valence electrons. The van der Waals surface area contributed by atoms with E-state index in [0.29, 0.717) is 21.0 Å². The molecule has 1 heterocycles. The number of aromatic nitrogens is 2. The zero-order chi connectivity index (χ0) is 14.0. The Hall–Kier alpha value is -1.34. The van der Waals surface area contributed by atoms with Gasteiger partial charge < -0.3 is 5.11 Å². The van der Waals surface area contributed by atoms with Crippen LogP contribution in [-0.2, 0) is 4.79 Å². The predicted octanol–water partition coefficient (Wildman–Crippen LogP) is 3.26. The molecule has 1 aromatic heterocycles. The Morgan fingerprint density at radius 2 is 2.32 bits per heavy atom. The van der Waals surface area contributed by atoms with E-state index < -0.39 is 11.8 Å². The summed E-state index contributed by atoms with van der Waals surface area (Å²) in [6.45, 7) is 1.77. The number of rotatable bonds is 4. The number of halogens is 2. The van der Waals surface area contributed by atoms with Crippen LogP contribution in [-0.4, -0.2) is 26.4 Å². The van der Waals surface area contributed by atoms with Crippen LogP contribution in [0.1, 0.15) is 5.69 Å². The molecule has 0 fully saturated rings. The van der Waals surface area contributed by atoms with Crippen molar-refractivity contribution >= 4 is 33.7 Å². The van der Waals surface area contributed by atoms with Crippen LogP contribution in [0.15, 0.2) is 34.0 Å². The molecular weight excluding hydrogens is 335 g/mol. The Kier molecular flexibility index (Phi) is 4.26. The summed E-state index contributed by atoms with van der Waals surface area (Å²) in [6.07, 6.45) is 1.67. The van der Waals surface area contributed by atoms with E-state index in [4.69, 9.17) is 5.11 Å². The number of aryl methyl sites for hydroxylation is 1. The molecule has 7 heteroatoms. The zero-order valence-electron chi connectivity index (χ0n) is 9.93. The van der Waals surface area contributed by atoms with Gasteiger partial charge in [-0.1, -0.05) is 17.8 Å². The van der Waals surface area contributed by atoms with Crippen LogP contribution in [0.4, 0.5) is 4.39 Å². The van der Waals surface area contributed by atoms with Crippen molar-refractivity contribution in [3.63, 3.8) is 0 Å². The zero-order valence-corrected chi connectivity index (χ0v) is 12.3. The standard InChI is InChI=1S/C12H10BrFN2O2S/c1-7-5-16(12(15-7)19-6-10(17)18)11-8(13)3-2-4-9(11)14/h2-5H,6H2,1H3,(H,17,18). The first-order valence-corrected chi connectivity index (χ1v) is 7.12. The molecule has 0 aliphatic carbocycles. The van der Waals surface area contributed by atoms with Gasteiger partial charge in [0.15, 0.2) is 5.16 Å². The molecule has 0 amide bonds. The van der Waals surface area contributed by atoms with Gasteiger partial charge in [-0.15, -0.1) is 0 Å². The van der Waals surface area contributed by atoms with Gasteiger partial charge in [-0.25, -0.2) is 9.37 Å². The van der Waals surface area contributed by atoms with Crippen LogP contribution in [0, 0.1) is 12.7 Å². The summed E-state index contributed by atoms with van der Waals surface area (Å²) in [5, 5.41) is 9.16. The number of carboxylic acid groups (broad SMARTS) is 1. The lowest BCUT2D eigenvalue weighted by atomic mass is 10.3. The van der Waals surface area contributed by atoms with Gasteiger partial charge in [0.2, 0.25) is 0 Å². The molecule has 0 saturated heterocycles. The fourth-order valence-corrected chi connectivity index (χ4v) is 2.86. The Morgan fingerprint density at radius 3 is 2.95 bits per heavy atom. The predicted molar refractivity (Wildman–Crippen MR) is 74.3 cm³/mol. The Bertz CT molecular complexity index is 610. The number of thioether (sulfide) groups is 1. The average Bonchev–Trinajstić information content (AvgIpc) is 2.67. The molecule has 0 aliphatic heterocycles. The van der Waals surface area contributed by atoms with Crippen molar-refractivity contribution in [2.24, 2.45) is 0 Å². The Labute approximate surface area is 121 Å². The third-order valence-electron chi connectivity index (χ3n) is 2.30. The van der Waals surface area contributed by atoms with Gasteiger partial charge >= 0.3 is 5.97 Å². The van der Waals surface area contributed by atoms with Crippen molar-refractivity contribution in [1.82, 2.24) is 9.55 Å². The summed E-state index contributed by atoms with van der Waals surface area (Å²) >= 11 is 4.35. The van der Waals surface area contributed by atoms with E-state index in [1.165, 1.54) is 6.07 Å². The highest BCUT2D eigenvalue weighted by Gasteiger charge is 2.15. The van der Waals surface area contributed by atoms with Gasteiger partial charge in [0, 0.05) is 10.7 Å². The van der Waals surface area contributed by atoms with Gasteiger partial charge in [0.05, 0.1) is 17.1 Å². The molecule has 0 bridgehead atoms. The summed E-state index contributed by atoms with van der Waals surface area (Å²) in [5.74, 6) is -1.46. The van der Waals surface area contributed by atoms with Gasteiger partial charge in [-0.2, -0.15) is 0 Å². The van der Waals surface area contributed by atoms with Crippen molar-refractivity contribution in [3.8, 4) is 5.69 Å². The minimum absolute atomic E-state index is 0.122. The molecule has 0 atom stereocenters. The van der Waals surface area contributed by atoms with Crippen LogP contribution in [0.2, 0.25) is 0 Å². The number of carboxylic acids is 1. The number of benzene rings is 1. The van der Waals surface area contributed by atoms with Gasteiger partial charge in [-0.05, 0) is 35.0 Å². The minimum atomic E-state index is -0.940. The molecular formula is C12H10BrFN2O2S. The van der Waals surface area contributed by atoms with Gasteiger partial charge in [0.1, 0.15) is 5.82 Å². The number of para-hydroxylation sites is 1. The second-order valence-electron chi connectivity index (χ2n) is 3.79. The number of nitrogens with zero attached hydrogens (tertiary/aromatic N) is 2. The minimum Gasteiger partial charge on any atom is -0.481 e. The molecule has 0 spiro atoms. The topological polar surface area (TPSA) is 55.1 Å². The molecule has 19 heavy (non-hydrogen) atoms. The number of imidazole rings is 1. The molecule has 0 radical (unpaired) electrons. The molecule has 2 aromatic rings. The van der Waals surface area contributed by atoms with Crippen molar-refractivity contribution in [3.05, 3.63) is 40.4 Å². The normalized spacial score (nSPS) is 10.7. The first-order valence-electron chi connectivity index (χ1n) is 5.34. The second-order valence-corrected chi connectivity index (χ2v) is 5.58. The molecule has 2 rings (SSSR count). The molecule has 0 aliphatic rings. The summed E-state index contributed by atoms with van der Waals surface area (Å²) in [6, 6.07) is 4.66. The maximum atomic E-state index is 13.9. The lowest BCUT2D eigenvalue weighted by Gasteiger charge is -2.09. The highest BCUT2D eigenvalue weighted by molar-refractivity contribution is 9.10. The fraction of sp³-hybridized carbons (Fsp3) is 0.167. The maximum absolute atomic E-state index is 13.9. The second kappa shape index (κ2) is 5.75. The van der Waals surface area contributed by atoms with Crippen molar-refractivity contribution < 1.29 is 14.3 Å². The van der Waals surface area contributed by atoms with E-state index in [2.05, 4.69) is 20.9 Å². The van der Waals surface area contributed by atoms with Crippen molar-refractivity contribution in [2.45, 2.75) is 12.1 Å². The molecule has 0 saturated carbocycles. The third kappa shape index (κ3) is 3.16. The van der Waals surface area contributed by atoms with Crippen LogP contribution < -0.4 is 0 Å². The number of aliphatic carboxylic acids is 1. The first-order chi connectivity index (χ1) is 8.99. The van der Waals surface area contributed by atoms with Gasteiger partial charge in [0.25, 0.3) is 0 Å². The lowest BCUT2D eigenvalue weighted by molar-refractivity contribution is -0.133. The smallest absolute Gasteiger partial charge is 0.313 e. The monoisotopic (exact) mass is 344 g/mol. The molecule has 4 nitrogen and oxygen atoms in total. The highest BCUT2D eigenvalue weighted by atomic mass is 79.9. The van der Waals surface area contributed by atoms with E-state index in [9.17, 15) is 9.18 Å². The Morgan fingerprint density at radius 1 is 1.58 bits per heavy atom. The highest BCUT2D eigenvalue weighted by Crippen LogP contribution is 2.29. The number of hydrogen-bond donors (Lipinski definition) is 1. The number of hydrogen-bond acceptors (Lipinski definition) is 3. The van der Waals surface area contributed by atoms with Crippen molar-refractivity contribution in [2.75, 3.05) is 5.75 Å². The summed E-state index contributed by atoms with van der Waals surface area (Å²) in [7, 11) is 0. The molecule has 1 aromatic carbocycles. The first kappa shape index (κ1) is 14.1. The SMILES string of the molecule is Cc1cn(-c2c(F)cccc2Br)c(SCC(=O)O)n1. The molecule has 0 unspecified atom stereocenters. The van der Waals surface area contributed by atoms with Crippen LogP contribution >= 0.6 is 27.7 Å². The van der Waals surface area contributed by atoms with Crippen LogP contribution in [0.3, 0.4) is 0 Å². The largest absolute Gasteiger partial charge is 0.481 e. The lowest BCUT2D eigenvalue weighted by Crippen LogP contribution is -2.03. The van der Waals surface area contributed by atoms with Crippen molar-refractivity contribution in [1.29, 1.82) is 0 Å². The van der Waals surface area contributed by atoms with Gasteiger partial charge in [-0.3, -0.25) is 9.36 Å². The molecule has 1 N–H and O–H groups in total. The van der Waals surface area contributed by atoms with Crippen LogP contribution in [0.5, 0.6) is 0 Å². The Balaban J connectivity index is 2.47.